The first kappa shape index (κ1) is 13.3. The van der Waals surface area contributed by atoms with Gasteiger partial charge in [0.05, 0.1) is 5.41 Å². The molecule has 2 amide bonds. The van der Waals surface area contributed by atoms with Crippen LogP contribution < -0.4 is 0 Å². The lowest BCUT2D eigenvalue weighted by molar-refractivity contribution is -0.142. The molecule has 2 fully saturated rings. The first-order valence-corrected chi connectivity index (χ1v) is 7.54. The van der Waals surface area contributed by atoms with Gasteiger partial charge in [-0.05, 0) is 19.3 Å². The van der Waals surface area contributed by atoms with Crippen LogP contribution in [0.3, 0.4) is 0 Å². The fraction of sp³-hybridized carbons (Fsp3) is 0.667. The van der Waals surface area contributed by atoms with E-state index in [9.17, 15) is 9.59 Å². The summed E-state index contributed by atoms with van der Waals surface area (Å²) in [5, 5.41) is 0. The Morgan fingerprint density at radius 1 is 1.25 bits per heavy atom. The average molecular weight is 275 g/mol. The van der Waals surface area contributed by atoms with Crippen LogP contribution in [0.1, 0.15) is 50.8 Å². The summed E-state index contributed by atoms with van der Waals surface area (Å²) in [6, 6.07) is 0. The van der Waals surface area contributed by atoms with Crippen molar-refractivity contribution in [2.24, 2.45) is 5.41 Å². The van der Waals surface area contributed by atoms with Crippen LogP contribution in [0.2, 0.25) is 0 Å². The summed E-state index contributed by atoms with van der Waals surface area (Å²) in [7, 11) is 0. The quantitative estimate of drug-likeness (QED) is 0.855. The van der Waals surface area contributed by atoms with Crippen molar-refractivity contribution in [1.82, 2.24) is 14.9 Å². The molecular formula is C15H21N3O2. The number of nitrogens with zero attached hydrogens (tertiary/aromatic N) is 2. The van der Waals surface area contributed by atoms with E-state index in [2.05, 4.69) is 9.97 Å². The molecule has 20 heavy (non-hydrogen) atoms. The number of imidazole rings is 1. The lowest BCUT2D eigenvalue weighted by atomic mass is 9.73. The number of aryl methyl sites for hydroxylation is 1. The summed E-state index contributed by atoms with van der Waals surface area (Å²) in [6.45, 7) is 0.528. The molecule has 2 heterocycles. The Labute approximate surface area is 118 Å². The number of hydrogen-bond acceptors (Lipinski definition) is 3. The minimum absolute atomic E-state index is 0.0244. The molecule has 5 nitrogen and oxygen atoms in total. The molecule has 0 aromatic carbocycles. The van der Waals surface area contributed by atoms with Gasteiger partial charge in [0.25, 0.3) is 0 Å². The summed E-state index contributed by atoms with van der Waals surface area (Å²) >= 11 is 0. The number of likely N-dealkylation sites (tertiary alicyclic amines) is 1. The van der Waals surface area contributed by atoms with Gasteiger partial charge in [-0.15, -0.1) is 0 Å². The van der Waals surface area contributed by atoms with Crippen LogP contribution in [-0.4, -0.2) is 33.2 Å². The van der Waals surface area contributed by atoms with Crippen LogP contribution in [-0.2, 0) is 16.0 Å². The second-order valence-corrected chi connectivity index (χ2v) is 6.01. The number of aromatic amines is 1. The van der Waals surface area contributed by atoms with Gasteiger partial charge < -0.3 is 4.98 Å². The first-order chi connectivity index (χ1) is 9.71. The second kappa shape index (κ2) is 5.38. The lowest BCUT2D eigenvalue weighted by Gasteiger charge is -2.30. The molecule has 1 saturated carbocycles. The fourth-order valence-electron chi connectivity index (χ4n) is 3.54. The minimum atomic E-state index is -0.347. The second-order valence-electron chi connectivity index (χ2n) is 6.01. The number of nitrogens with one attached hydrogen (secondary N) is 1. The minimum Gasteiger partial charge on any atom is -0.349 e. The molecule has 5 heteroatoms. The molecule has 0 unspecified atom stereocenters. The monoisotopic (exact) mass is 275 g/mol. The van der Waals surface area contributed by atoms with Gasteiger partial charge in [0.15, 0.2) is 0 Å². The third-order valence-electron chi connectivity index (χ3n) is 4.65. The highest BCUT2D eigenvalue weighted by Gasteiger charge is 2.51. The maximum Gasteiger partial charge on any atom is 0.235 e. The average Bonchev–Trinajstić information content (AvgIpc) is 3.03. The van der Waals surface area contributed by atoms with E-state index in [1.165, 1.54) is 11.3 Å². The van der Waals surface area contributed by atoms with Crippen molar-refractivity contribution >= 4 is 11.8 Å². The zero-order valence-electron chi connectivity index (χ0n) is 11.7. The molecule has 2 aliphatic rings. The highest BCUT2D eigenvalue weighted by Crippen LogP contribution is 2.45. The highest BCUT2D eigenvalue weighted by molar-refractivity contribution is 6.05. The molecule has 1 aromatic rings. The van der Waals surface area contributed by atoms with Gasteiger partial charge in [0.2, 0.25) is 11.8 Å². The predicted molar refractivity (Wildman–Crippen MR) is 73.8 cm³/mol. The van der Waals surface area contributed by atoms with Crippen molar-refractivity contribution in [3.63, 3.8) is 0 Å². The number of aromatic nitrogens is 2. The van der Waals surface area contributed by atoms with Gasteiger partial charge in [0, 0.05) is 31.8 Å². The van der Waals surface area contributed by atoms with E-state index in [0.29, 0.717) is 13.0 Å². The van der Waals surface area contributed by atoms with Crippen LogP contribution in [0, 0.1) is 5.41 Å². The van der Waals surface area contributed by atoms with Gasteiger partial charge in [-0.2, -0.15) is 0 Å². The Morgan fingerprint density at radius 3 is 2.75 bits per heavy atom. The summed E-state index contributed by atoms with van der Waals surface area (Å²) in [4.78, 5) is 33.4. The van der Waals surface area contributed by atoms with Crippen LogP contribution >= 0.6 is 0 Å². The number of amides is 2. The fourth-order valence-corrected chi connectivity index (χ4v) is 3.54. The molecule has 1 N–H and O–H groups in total. The molecule has 1 spiro atoms. The summed E-state index contributed by atoms with van der Waals surface area (Å²) in [6.07, 6.45) is 10.7. The Hall–Kier alpha value is -1.65. The van der Waals surface area contributed by atoms with Gasteiger partial charge in [-0.1, -0.05) is 19.3 Å². The van der Waals surface area contributed by atoms with Crippen LogP contribution in [0.15, 0.2) is 12.4 Å². The first-order valence-electron chi connectivity index (χ1n) is 7.54. The van der Waals surface area contributed by atoms with Crippen molar-refractivity contribution in [2.45, 2.75) is 51.4 Å². The van der Waals surface area contributed by atoms with Crippen LogP contribution in [0.4, 0.5) is 0 Å². The SMILES string of the molecule is O=C1CC2(CCCCC2)C(=O)N1CCCc1ncc[nH]1. The maximum atomic E-state index is 12.6. The van der Waals surface area contributed by atoms with Gasteiger partial charge in [-0.3, -0.25) is 14.5 Å². The van der Waals surface area contributed by atoms with Gasteiger partial charge in [0.1, 0.15) is 5.82 Å². The van der Waals surface area contributed by atoms with E-state index in [0.717, 1.165) is 44.3 Å². The largest absolute Gasteiger partial charge is 0.349 e. The Morgan fingerprint density at radius 2 is 2.05 bits per heavy atom. The smallest absolute Gasteiger partial charge is 0.235 e. The third kappa shape index (κ3) is 2.37. The van der Waals surface area contributed by atoms with E-state index in [1.807, 2.05) is 0 Å². The van der Waals surface area contributed by atoms with E-state index >= 15 is 0 Å². The number of rotatable bonds is 4. The number of imide groups is 1. The number of hydrogen-bond donors (Lipinski definition) is 1. The normalized spacial score (nSPS) is 21.9. The lowest BCUT2D eigenvalue weighted by Crippen LogP contribution is -2.37. The third-order valence-corrected chi connectivity index (χ3v) is 4.65. The number of H-pyrrole nitrogens is 1. The summed E-state index contributed by atoms with van der Waals surface area (Å²) in [5.74, 6) is 1.02. The molecule has 1 saturated heterocycles. The molecule has 0 bridgehead atoms. The number of carbonyl (C=O) groups excluding carboxylic acids is 2. The van der Waals surface area contributed by atoms with Crippen molar-refractivity contribution in [2.75, 3.05) is 6.54 Å². The molecule has 1 aliphatic carbocycles. The molecule has 1 aromatic heterocycles. The molecule has 0 radical (unpaired) electrons. The molecule has 108 valence electrons. The zero-order chi connectivity index (χ0) is 14.0. The van der Waals surface area contributed by atoms with Gasteiger partial charge in [-0.25, -0.2) is 4.98 Å². The molecular weight excluding hydrogens is 254 g/mol. The van der Waals surface area contributed by atoms with E-state index in [-0.39, 0.29) is 17.2 Å². The zero-order valence-corrected chi connectivity index (χ0v) is 11.7. The van der Waals surface area contributed by atoms with Crippen molar-refractivity contribution in [1.29, 1.82) is 0 Å². The van der Waals surface area contributed by atoms with E-state index < -0.39 is 0 Å². The predicted octanol–water partition coefficient (Wildman–Crippen LogP) is 2.05. The van der Waals surface area contributed by atoms with Crippen molar-refractivity contribution in [3.05, 3.63) is 18.2 Å². The topological polar surface area (TPSA) is 66.1 Å². The van der Waals surface area contributed by atoms with E-state index in [4.69, 9.17) is 0 Å². The molecule has 3 rings (SSSR count). The van der Waals surface area contributed by atoms with Gasteiger partial charge >= 0.3 is 0 Å². The Bertz CT molecular complexity index is 489. The maximum absolute atomic E-state index is 12.6. The summed E-state index contributed by atoms with van der Waals surface area (Å²) in [5.41, 5.74) is -0.347. The number of carbonyl (C=O) groups is 2. The highest BCUT2D eigenvalue weighted by atomic mass is 16.2. The van der Waals surface area contributed by atoms with E-state index in [1.54, 1.807) is 12.4 Å². The van der Waals surface area contributed by atoms with Crippen molar-refractivity contribution in [3.8, 4) is 0 Å². The Balaban J connectivity index is 1.59. The standard InChI is InChI=1S/C15H21N3O2/c19-13-11-15(6-2-1-3-7-15)14(20)18(13)10-4-5-12-16-8-9-17-12/h8-9H,1-7,10-11H2,(H,16,17). The molecule has 1 aliphatic heterocycles. The Kier molecular flexibility index (Phi) is 3.59. The van der Waals surface area contributed by atoms with Crippen LogP contribution in [0.25, 0.3) is 0 Å². The van der Waals surface area contributed by atoms with Crippen LogP contribution in [0.5, 0.6) is 0 Å². The van der Waals surface area contributed by atoms with Crippen molar-refractivity contribution < 1.29 is 9.59 Å². The summed E-state index contributed by atoms with van der Waals surface area (Å²) < 4.78 is 0. The molecule has 0 atom stereocenters.